The summed E-state index contributed by atoms with van der Waals surface area (Å²) in [6, 6.07) is 29.5. The van der Waals surface area contributed by atoms with Gasteiger partial charge in [-0.05, 0) is 89.8 Å². The van der Waals surface area contributed by atoms with Crippen molar-refractivity contribution in [2.24, 2.45) is 0 Å². The van der Waals surface area contributed by atoms with Gasteiger partial charge in [0.15, 0.2) is 0 Å². The van der Waals surface area contributed by atoms with Crippen LogP contribution >= 0.6 is 0 Å². The zero-order chi connectivity index (χ0) is 29.1. The maximum Gasteiger partial charge on any atom is 0.131 e. The van der Waals surface area contributed by atoms with Gasteiger partial charge in [0.05, 0.1) is 0 Å². The highest BCUT2D eigenvalue weighted by molar-refractivity contribution is 5.54. The van der Waals surface area contributed by atoms with E-state index in [1.54, 1.807) is 0 Å². The number of hydrogen-bond donors (Lipinski definition) is 0. The van der Waals surface area contributed by atoms with E-state index in [9.17, 15) is 0 Å². The maximum atomic E-state index is 6.46. The van der Waals surface area contributed by atoms with Gasteiger partial charge in [0.1, 0.15) is 23.0 Å². The average molecular weight is 535 g/mol. The molecule has 0 radical (unpaired) electrons. The summed E-state index contributed by atoms with van der Waals surface area (Å²) >= 11 is 0. The van der Waals surface area contributed by atoms with Gasteiger partial charge in [-0.3, -0.25) is 0 Å². The molecule has 0 spiro atoms. The standard InChI is InChI=1S/C38H46O2/c1-10-17-30(31-24-33(37(4,5)6)35(22-26(31)2)39-28-18-13-11-14-19-28)32-25-34(38(7,8)9)36(23-27(32)3)40-29-20-15-12-16-21-29/h11-16,18-25,30H,10,17H2,1-9H3. The lowest BCUT2D eigenvalue weighted by molar-refractivity contribution is 0.453. The van der Waals surface area contributed by atoms with E-state index in [4.69, 9.17) is 9.47 Å². The molecule has 0 saturated carbocycles. The van der Waals surface area contributed by atoms with Crippen LogP contribution in [0.1, 0.15) is 101 Å². The predicted molar refractivity (Wildman–Crippen MR) is 170 cm³/mol. The molecule has 0 aromatic heterocycles. The molecule has 0 saturated heterocycles. The van der Waals surface area contributed by atoms with Crippen molar-refractivity contribution in [3.63, 3.8) is 0 Å². The minimum absolute atomic E-state index is 0.0671. The van der Waals surface area contributed by atoms with Crippen molar-refractivity contribution in [1.82, 2.24) is 0 Å². The zero-order valence-corrected chi connectivity index (χ0v) is 25.9. The number of benzene rings is 4. The van der Waals surface area contributed by atoms with E-state index in [0.717, 1.165) is 35.8 Å². The SMILES string of the molecule is CCCC(c1cc(C(C)(C)C)c(Oc2ccccc2)cc1C)c1cc(C(C)(C)C)c(Oc2ccccc2)cc1C. The fourth-order valence-corrected chi connectivity index (χ4v) is 5.49. The number of para-hydroxylation sites is 2. The first kappa shape index (κ1) is 29.5. The Kier molecular flexibility index (Phi) is 8.78. The van der Waals surface area contributed by atoms with Crippen LogP contribution in [0.2, 0.25) is 0 Å². The molecule has 0 aliphatic heterocycles. The summed E-state index contributed by atoms with van der Waals surface area (Å²) in [6.45, 7) is 20.4. The average Bonchev–Trinajstić information content (AvgIpc) is 2.88. The van der Waals surface area contributed by atoms with Gasteiger partial charge in [0.25, 0.3) is 0 Å². The summed E-state index contributed by atoms with van der Waals surface area (Å²) in [5, 5.41) is 0. The molecule has 0 fully saturated rings. The summed E-state index contributed by atoms with van der Waals surface area (Å²) in [4.78, 5) is 0. The first-order valence-electron chi connectivity index (χ1n) is 14.6. The number of hydrogen-bond acceptors (Lipinski definition) is 2. The molecule has 0 aliphatic rings. The van der Waals surface area contributed by atoms with Crippen LogP contribution in [0.4, 0.5) is 0 Å². The minimum atomic E-state index is -0.0671. The van der Waals surface area contributed by atoms with Crippen molar-refractivity contribution in [3.05, 3.63) is 118 Å². The van der Waals surface area contributed by atoms with Gasteiger partial charge in [-0.25, -0.2) is 0 Å². The highest BCUT2D eigenvalue weighted by atomic mass is 16.5. The minimum Gasteiger partial charge on any atom is -0.457 e. The fraction of sp³-hybridized carbons (Fsp3) is 0.368. The van der Waals surface area contributed by atoms with Crippen molar-refractivity contribution < 1.29 is 9.47 Å². The molecule has 4 aromatic rings. The normalized spacial score (nSPS) is 12.1. The third-order valence-corrected chi connectivity index (χ3v) is 7.62. The van der Waals surface area contributed by atoms with Gasteiger partial charge >= 0.3 is 0 Å². The highest BCUT2D eigenvalue weighted by Crippen LogP contribution is 2.44. The molecule has 0 aliphatic carbocycles. The Hall–Kier alpha value is -3.52. The lowest BCUT2D eigenvalue weighted by atomic mass is 9.76. The van der Waals surface area contributed by atoms with Crippen molar-refractivity contribution in [3.8, 4) is 23.0 Å². The summed E-state index contributed by atoms with van der Waals surface area (Å²) in [5.74, 6) is 3.89. The van der Waals surface area contributed by atoms with Gasteiger partial charge in [-0.2, -0.15) is 0 Å². The molecule has 0 bridgehead atoms. The van der Waals surface area contributed by atoms with Gasteiger partial charge in [0, 0.05) is 17.0 Å². The van der Waals surface area contributed by atoms with Crippen LogP contribution in [0.3, 0.4) is 0 Å². The first-order chi connectivity index (χ1) is 18.9. The van der Waals surface area contributed by atoms with Crippen molar-refractivity contribution in [2.45, 2.75) is 91.9 Å². The van der Waals surface area contributed by atoms with Crippen LogP contribution < -0.4 is 9.47 Å². The third kappa shape index (κ3) is 6.78. The van der Waals surface area contributed by atoms with Crippen LogP contribution in [0, 0.1) is 13.8 Å². The monoisotopic (exact) mass is 534 g/mol. The largest absolute Gasteiger partial charge is 0.457 e. The second kappa shape index (κ2) is 11.9. The number of rotatable bonds is 8. The molecule has 0 unspecified atom stereocenters. The quantitative estimate of drug-likeness (QED) is 0.224. The molecule has 210 valence electrons. The smallest absolute Gasteiger partial charge is 0.131 e. The lowest BCUT2D eigenvalue weighted by Crippen LogP contribution is -2.17. The Bertz CT molecular complexity index is 1310. The molecule has 4 aromatic carbocycles. The molecular formula is C38H46O2. The summed E-state index contributed by atoms with van der Waals surface area (Å²) < 4.78 is 12.9. The lowest BCUT2D eigenvalue weighted by Gasteiger charge is -2.30. The van der Waals surface area contributed by atoms with Gasteiger partial charge < -0.3 is 9.47 Å². The Morgan fingerprint density at radius 1 is 0.575 bits per heavy atom. The molecule has 40 heavy (non-hydrogen) atoms. The van der Waals surface area contributed by atoms with Crippen LogP contribution in [0.25, 0.3) is 0 Å². The van der Waals surface area contributed by atoms with Crippen LogP contribution in [-0.2, 0) is 10.8 Å². The molecule has 0 heterocycles. The maximum absolute atomic E-state index is 6.46. The first-order valence-corrected chi connectivity index (χ1v) is 14.6. The Morgan fingerprint density at radius 3 is 1.27 bits per heavy atom. The predicted octanol–water partition coefficient (Wildman–Crippen LogP) is 11.4. The van der Waals surface area contributed by atoms with E-state index in [-0.39, 0.29) is 16.7 Å². The van der Waals surface area contributed by atoms with Crippen molar-refractivity contribution >= 4 is 0 Å². The summed E-state index contributed by atoms with van der Waals surface area (Å²) in [5.41, 5.74) is 7.62. The van der Waals surface area contributed by atoms with E-state index in [0.29, 0.717) is 0 Å². The molecule has 0 N–H and O–H groups in total. The Labute approximate surface area is 242 Å². The van der Waals surface area contributed by atoms with Gasteiger partial charge in [-0.15, -0.1) is 0 Å². The van der Waals surface area contributed by atoms with Crippen LogP contribution in [-0.4, -0.2) is 0 Å². The van der Waals surface area contributed by atoms with Crippen molar-refractivity contribution in [1.29, 1.82) is 0 Å². The second-order valence-corrected chi connectivity index (χ2v) is 13.1. The van der Waals surface area contributed by atoms with Crippen molar-refractivity contribution in [2.75, 3.05) is 0 Å². The molecular weight excluding hydrogens is 488 g/mol. The zero-order valence-electron chi connectivity index (χ0n) is 25.9. The van der Waals surface area contributed by atoms with E-state index >= 15 is 0 Å². The van der Waals surface area contributed by atoms with Gasteiger partial charge in [-0.1, -0.05) is 103 Å². The van der Waals surface area contributed by atoms with E-state index < -0.39 is 0 Å². The highest BCUT2D eigenvalue weighted by Gasteiger charge is 2.28. The summed E-state index contributed by atoms with van der Waals surface area (Å²) in [6.07, 6.45) is 2.18. The third-order valence-electron chi connectivity index (χ3n) is 7.62. The molecule has 0 atom stereocenters. The molecule has 2 heteroatoms. The topological polar surface area (TPSA) is 18.5 Å². The van der Waals surface area contributed by atoms with Crippen LogP contribution in [0.15, 0.2) is 84.9 Å². The molecule has 0 amide bonds. The summed E-state index contributed by atoms with van der Waals surface area (Å²) in [7, 11) is 0. The molecule has 4 rings (SSSR count). The van der Waals surface area contributed by atoms with Gasteiger partial charge in [0.2, 0.25) is 0 Å². The van der Waals surface area contributed by atoms with E-state index in [1.807, 2.05) is 60.7 Å². The van der Waals surface area contributed by atoms with Crippen LogP contribution in [0.5, 0.6) is 23.0 Å². The Balaban J connectivity index is 1.85. The van der Waals surface area contributed by atoms with E-state index in [1.165, 1.54) is 33.4 Å². The number of aryl methyl sites for hydroxylation is 2. The van der Waals surface area contributed by atoms with E-state index in [2.05, 4.69) is 86.6 Å². The molecule has 2 nitrogen and oxygen atoms in total. The number of ether oxygens (including phenoxy) is 2. The second-order valence-electron chi connectivity index (χ2n) is 13.1. The Morgan fingerprint density at radius 2 is 0.950 bits per heavy atom. The fourth-order valence-electron chi connectivity index (χ4n) is 5.49.